The summed E-state index contributed by atoms with van der Waals surface area (Å²) in [5.74, 6) is -2.28. The maximum Gasteiger partial charge on any atom is 0.338 e. The summed E-state index contributed by atoms with van der Waals surface area (Å²) in [5.41, 5.74) is -0.317. The van der Waals surface area contributed by atoms with E-state index < -0.39 is 16.9 Å². The van der Waals surface area contributed by atoms with Gasteiger partial charge in [0.2, 0.25) is 5.95 Å². The minimum atomic E-state index is -1.30. The van der Waals surface area contributed by atoms with Crippen molar-refractivity contribution in [3.8, 4) is 0 Å². The van der Waals surface area contributed by atoms with Gasteiger partial charge in [-0.25, -0.2) is 9.78 Å². The molecule has 0 aliphatic heterocycles. The molecule has 0 spiro atoms. The molecular weight excluding hydrogens is 208 g/mol. The topological polar surface area (TPSA) is 50.2 Å². The van der Waals surface area contributed by atoms with Crippen LogP contribution in [0.3, 0.4) is 0 Å². The maximum absolute atomic E-state index is 12.5. The SMILES string of the molecule is O=C(O)c1cnc(F)c(Cl)c1Cl. The summed E-state index contributed by atoms with van der Waals surface area (Å²) < 4.78 is 12.5. The molecule has 0 fully saturated rings. The summed E-state index contributed by atoms with van der Waals surface area (Å²) in [6.45, 7) is 0. The summed E-state index contributed by atoms with van der Waals surface area (Å²) in [6, 6.07) is 0. The lowest BCUT2D eigenvalue weighted by Crippen LogP contribution is -2.00. The highest BCUT2D eigenvalue weighted by Gasteiger charge is 2.15. The van der Waals surface area contributed by atoms with Crippen LogP contribution in [0, 0.1) is 5.95 Å². The lowest BCUT2D eigenvalue weighted by Gasteiger charge is -1.99. The Bertz CT molecular complexity index is 343. The number of aromatic nitrogens is 1. The van der Waals surface area contributed by atoms with Gasteiger partial charge in [-0.05, 0) is 0 Å². The van der Waals surface area contributed by atoms with E-state index in [1.807, 2.05) is 0 Å². The molecule has 1 N–H and O–H groups in total. The van der Waals surface area contributed by atoms with Crippen LogP contribution >= 0.6 is 23.2 Å². The van der Waals surface area contributed by atoms with Crippen LogP contribution in [0.15, 0.2) is 6.20 Å². The fourth-order valence-corrected chi connectivity index (χ4v) is 0.951. The number of hydrogen-bond donors (Lipinski definition) is 1. The number of rotatable bonds is 1. The second-order valence-electron chi connectivity index (χ2n) is 1.90. The van der Waals surface area contributed by atoms with Gasteiger partial charge in [-0.15, -0.1) is 0 Å². The van der Waals surface area contributed by atoms with Crippen LogP contribution in [-0.2, 0) is 0 Å². The molecule has 0 amide bonds. The van der Waals surface area contributed by atoms with Gasteiger partial charge in [0.1, 0.15) is 5.02 Å². The number of carbonyl (C=O) groups is 1. The largest absolute Gasteiger partial charge is 0.478 e. The Hall–Kier alpha value is -0.870. The quantitative estimate of drug-likeness (QED) is 0.723. The molecule has 0 bridgehead atoms. The molecule has 0 aliphatic carbocycles. The van der Waals surface area contributed by atoms with Crippen LogP contribution in [0.1, 0.15) is 10.4 Å². The fourth-order valence-electron chi connectivity index (χ4n) is 0.592. The van der Waals surface area contributed by atoms with E-state index in [9.17, 15) is 9.18 Å². The third kappa shape index (κ3) is 1.49. The van der Waals surface area contributed by atoms with E-state index in [1.165, 1.54) is 0 Å². The number of carboxylic acids is 1. The van der Waals surface area contributed by atoms with Gasteiger partial charge in [0, 0.05) is 6.20 Å². The maximum atomic E-state index is 12.5. The van der Waals surface area contributed by atoms with Gasteiger partial charge in [-0.3, -0.25) is 0 Å². The molecule has 3 nitrogen and oxygen atoms in total. The third-order valence-electron chi connectivity index (χ3n) is 1.15. The molecule has 0 aromatic carbocycles. The average molecular weight is 210 g/mol. The van der Waals surface area contributed by atoms with Crippen molar-refractivity contribution in [3.05, 3.63) is 27.8 Å². The molecule has 64 valence electrons. The van der Waals surface area contributed by atoms with Gasteiger partial charge in [-0.1, -0.05) is 23.2 Å². The van der Waals surface area contributed by atoms with Crippen LogP contribution in [0.2, 0.25) is 10.0 Å². The first-order valence-corrected chi connectivity index (χ1v) is 3.52. The Balaban J connectivity index is 3.36. The van der Waals surface area contributed by atoms with E-state index >= 15 is 0 Å². The van der Waals surface area contributed by atoms with E-state index in [1.54, 1.807) is 0 Å². The van der Waals surface area contributed by atoms with Crippen LogP contribution in [0.4, 0.5) is 4.39 Å². The Morgan fingerprint density at radius 3 is 2.58 bits per heavy atom. The Morgan fingerprint density at radius 1 is 1.50 bits per heavy atom. The summed E-state index contributed by atoms with van der Waals surface area (Å²) in [5, 5.41) is 7.66. The Labute approximate surface area is 76.7 Å². The van der Waals surface area contributed by atoms with Crippen molar-refractivity contribution < 1.29 is 14.3 Å². The monoisotopic (exact) mass is 209 g/mol. The predicted molar refractivity (Wildman–Crippen MR) is 41.2 cm³/mol. The van der Waals surface area contributed by atoms with E-state index in [2.05, 4.69) is 4.98 Å². The standard InChI is InChI=1S/C6H2Cl2FNO2/c7-3-2(6(11)12)1-10-5(9)4(3)8/h1H,(H,11,12). The number of carboxylic acid groups (broad SMARTS) is 1. The molecule has 0 atom stereocenters. The summed E-state index contributed by atoms with van der Waals surface area (Å²) in [4.78, 5) is 13.5. The van der Waals surface area contributed by atoms with E-state index in [0.717, 1.165) is 6.20 Å². The first-order valence-electron chi connectivity index (χ1n) is 2.77. The molecule has 1 rings (SSSR count). The van der Waals surface area contributed by atoms with Crippen LogP contribution in [-0.4, -0.2) is 16.1 Å². The molecule has 1 aromatic rings. The highest BCUT2D eigenvalue weighted by molar-refractivity contribution is 6.43. The number of aromatic carboxylic acids is 1. The van der Waals surface area contributed by atoms with Gasteiger partial charge in [0.15, 0.2) is 0 Å². The zero-order chi connectivity index (χ0) is 9.30. The highest BCUT2D eigenvalue weighted by atomic mass is 35.5. The summed E-state index contributed by atoms with van der Waals surface area (Å²) >= 11 is 10.7. The summed E-state index contributed by atoms with van der Waals surface area (Å²) in [6.07, 6.45) is 0.811. The lowest BCUT2D eigenvalue weighted by atomic mass is 10.3. The van der Waals surface area contributed by atoms with Crippen LogP contribution in [0.25, 0.3) is 0 Å². The fraction of sp³-hybridized carbons (Fsp3) is 0. The number of nitrogens with zero attached hydrogens (tertiary/aromatic N) is 1. The van der Waals surface area contributed by atoms with E-state index in [-0.39, 0.29) is 10.6 Å². The number of pyridine rings is 1. The third-order valence-corrected chi connectivity index (χ3v) is 1.98. The number of halogens is 3. The van der Waals surface area contributed by atoms with Gasteiger partial charge < -0.3 is 5.11 Å². The minimum absolute atomic E-state index is 0.317. The van der Waals surface area contributed by atoms with Crippen LogP contribution in [0.5, 0.6) is 0 Å². The molecule has 0 aliphatic rings. The van der Waals surface area contributed by atoms with Crippen molar-refractivity contribution in [3.63, 3.8) is 0 Å². The smallest absolute Gasteiger partial charge is 0.338 e. The Kier molecular flexibility index (Phi) is 2.49. The average Bonchev–Trinajstić information content (AvgIpc) is 2.00. The lowest BCUT2D eigenvalue weighted by molar-refractivity contribution is 0.0696. The predicted octanol–water partition coefficient (Wildman–Crippen LogP) is 2.23. The molecule has 12 heavy (non-hydrogen) atoms. The molecule has 0 radical (unpaired) electrons. The molecule has 1 aromatic heterocycles. The second-order valence-corrected chi connectivity index (χ2v) is 2.65. The number of hydrogen-bond acceptors (Lipinski definition) is 2. The zero-order valence-corrected chi connectivity index (χ0v) is 7.03. The first kappa shape index (κ1) is 9.22. The molecule has 6 heteroatoms. The van der Waals surface area contributed by atoms with Crippen molar-refractivity contribution in [1.29, 1.82) is 0 Å². The van der Waals surface area contributed by atoms with Crippen molar-refractivity contribution in [2.45, 2.75) is 0 Å². The van der Waals surface area contributed by atoms with Crippen LogP contribution < -0.4 is 0 Å². The van der Waals surface area contributed by atoms with Gasteiger partial charge in [-0.2, -0.15) is 4.39 Å². The van der Waals surface area contributed by atoms with E-state index in [4.69, 9.17) is 28.3 Å². The normalized spacial score (nSPS) is 9.92. The van der Waals surface area contributed by atoms with Gasteiger partial charge in [0.05, 0.1) is 10.6 Å². The minimum Gasteiger partial charge on any atom is -0.478 e. The van der Waals surface area contributed by atoms with E-state index in [0.29, 0.717) is 0 Å². The Morgan fingerprint density at radius 2 is 2.08 bits per heavy atom. The molecular formula is C6H2Cl2FNO2. The molecule has 1 heterocycles. The molecule has 0 saturated carbocycles. The van der Waals surface area contributed by atoms with Gasteiger partial charge in [0.25, 0.3) is 0 Å². The van der Waals surface area contributed by atoms with Crippen molar-refractivity contribution in [1.82, 2.24) is 4.98 Å². The van der Waals surface area contributed by atoms with Crippen molar-refractivity contribution in [2.75, 3.05) is 0 Å². The van der Waals surface area contributed by atoms with Crippen molar-refractivity contribution in [2.24, 2.45) is 0 Å². The second kappa shape index (κ2) is 3.25. The summed E-state index contributed by atoms with van der Waals surface area (Å²) in [7, 11) is 0. The van der Waals surface area contributed by atoms with Crippen molar-refractivity contribution >= 4 is 29.2 Å². The first-order chi connectivity index (χ1) is 5.54. The highest BCUT2D eigenvalue weighted by Crippen LogP contribution is 2.26. The van der Waals surface area contributed by atoms with Gasteiger partial charge >= 0.3 is 5.97 Å². The molecule has 0 saturated heterocycles. The molecule has 0 unspecified atom stereocenters. The zero-order valence-electron chi connectivity index (χ0n) is 5.51.